The Bertz CT molecular complexity index is 596. The van der Waals surface area contributed by atoms with E-state index < -0.39 is 0 Å². The summed E-state index contributed by atoms with van der Waals surface area (Å²) in [6.45, 7) is 8.23. The van der Waals surface area contributed by atoms with Crippen LogP contribution in [0.2, 0.25) is 0 Å². The Balaban J connectivity index is 1.70. The summed E-state index contributed by atoms with van der Waals surface area (Å²) >= 11 is 0. The molecule has 3 rings (SSSR count). The van der Waals surface area contributed by atoms with Gasteiger partial charge in [-0.25, -0.2) is 0 Å². The van der Waals surface area contributed by atoms with Gasteiger partial charge in [0.15, 0.2) is 0 Å². The van der Waals surface area contributed by atoms with Gasteiger partial charge in [-0.2, -0.15) is 0 Å². The topological polar surface area (TPSA) is 34.4 Å². The Morgan fingerprint density at radius 1 is 1.19 bits per heavy atom. The maximum absolute atomic E-state index is 5.96. The predicted octanol–water partition coefficient (Wildman–Crippen LogP) is 3.90. The summed E-state index contributed by atoms with van der Waals surface area (Å²) < 4.78 is 11.4. The molecule has 1 saturated heterocycles. The van der Waals surface area contributed by atoms with Gasteiger partial charge in [0.1, 0.15) is 11.3 Å². The van der Waals surface area contributed by atoms with Crippen molar-refractivity contribution >= 4 is 11.0 Å². The van der Waals surface area contributed by atoms with E-state index >= 15 is 0 Å². The zero-order valence-corrected chi connectivity index (χ0v) is 13.1. The van der Waals surface area contributed by atoms with E-state index in [1.165, 1.54) is 10.9 Å². The first-order valence-electron chi connectivity index (χ1n) is 7.99. The molecule has 3 nitrogen and oxygen atoms in total. The van der Waals surface area contributed by atoms with Gasteiger partial charge in [-0.05, 0) is 24.3 Å². The lowest BCUT2D eigenvalue weighted by atomic mass is 9.82. The molecule has 0 atom stereocenters. The second-order valence-electron chi connectivity index (χ2n) is 6.38. The van der Waals surface area contributed by atoms with Crippen molar-refractivity contribution in [3.05, 3.63) is 35.6 Å². The summed E-state index contributed by atoms with van der Waals surface area (Å²) in [4.78, 5) is 0. The number of para-hydroxylation sites is 1. The number of hydrogen-bond acceptors (Lipinski definition) is 3. The van der Waals surface area contributed by atoms with Crippen molar-refractivity contribution in [2.24, 2.45) is 5.41 Å². The molecule has 0 aliphatic carbocycles. The summed E-state index contributed by atoms with van der Waals surface area (Å²) in [6, 6.07) is 8.33. The van der Waals surface area contributed by atoms with E-state index in [1.54, 1.807) is 0 Å². The highest BCUT2D eigenvalue weighted by molar-refractivity contribution is 5.82. The number of rotatable bonds is 5. The van der Waals surface area contributed by atoms with E-state index in [0.29, 0.717) is 5.41 Å². The van der Waals surface area contributed by atoms with Crippen LogP contribution in [0.4, 0.5) is 0 Å². The highest BCUT2D eigenvalue weighted by Crippen LogP contribution is 2.30. The van der Waals surface area contributed by atoms with Crippen molar-refractivity contribution in [3.8, 4) is 0 Å². The number of benzene rings is 1. The minimum atomic E-state index is 0.365. The van der Waals surface area contributed by atoms with Crippen LogP contribution < -0.4 is 5.32 Å². The third-order valence-corrected chi connectivity index (χ3v) is 4.66. The first-order chi connectivity index (χ1) is 10.2. The van der Waals surface area contributed by atoms with Crippen LogP contribution in [0.15, 0.2) is 28.7 Å². The van der Waals surface area contributed by atoms with Gasteiger partial charge in [0, 0.05) is 43.7 Å². The van der Waals surface area contributed by atoms with Crippen molar-refractivity contribution in [3.63, 3.8) is 0 Å². The van der Waals surface area contributed by atoms with Crippen molar-refractivity contribution in [1.29, 1.82) is 0 Å². The Kier molecular flexibility index (Phi) is 4.32. The molecule has 0 radical (unpaired) electrons. The van der Waals surface area contributed by atoms with Crippen molar-refractivity contribution in [2.75, 3.05) is 19.8 Å². The lowest BCUT2D eigenvalue weighted by molar-refractivity contribution is 0.0240. The van der Waals surface area contributed by atoms with E-state index in [4.69, 9.17) is 9.15 Å². The van der Waals surface area contributed by atoms with E-state index in [2.05, 4.69) is 37.4 Å². The largest absolute Gasteiger partial charge is 0.461 e. The monoisotopic (exact) mass is 287 g/mol. The van der Waals surface area contributed by atoms with Crippen LogP contribution in [0.3, 0.4) is 0 Å². The first kappa shape index (κ1) is 14.6. The maximum Gasteiger partial charge on any atom is 0.134 e. The summed E-state index contributed by atoms with van der Waals surface area (Å²) in [5.41, 5.74) is 2.69. The number of fused-ring (bicyclic) bond motifs is 1. The molecule has 0 bridgehead atoms. The number of furan rings is 1. The molecule has 1 aromatic carbocycles. The van der Waals surface area contributed by atoms with Crippen molar-refractivity contribution in [1.82, 2.24) is 5.32 Å². The average molecular weight is 287 g/mol. The normalized spacial score (nSPS) is 18.2. The number of aryl methyl sites for hydroxylation is 1. The standard InChI is InChI=1S/C18H25NO2/c1-3-16-15(14-6-4-5-7-17(14)21-16)12-19-13-18(2)8-10-20-11-9-18/h4-7,19H,3,8-13H2,1-2H3. The van der Waals surface area contributed by atoms with Crippen LogP contribution in [0.1, 0.15) is 38.0 Å². The van der Waals surface area contributed by atoms with Crippen LogP contribution in [-0.2, 0) is 17.7 Å². The highest BCUT2D eigenvalue weighted by atomic mass is 16.5. The first-order valence-corrected chi connectivity index (χ1v) is 7.99. The van der Waals surface area contributed by atoms with Crippen LogP contribution in [0.5, 0.6) is 0 Å². The summed E-state index contributed by atoms with van der Waals surface area (Å²) in [5, 5.41) is 4.90. The Morgan fingerprint density at radius 2 is 1.95 bits per heavy atom. The summed E-state index contributed by atoms with van der Waals surface area (Å²) in [5.74, 6) is 1.11. The molecule has 21 heavy (non-hydrogen) atoms. The van der Waals surface area contributed by atoms with Gasteiger partial charge in [-0.15, -0.1) is 0 Å². The molecule has 0 amide bonds. The molecule has 3 heteroatoms. The lowest BCUT2D eigenvalue weighted by Gasteiger charge is -2.33. The number of ether oxygens (including phenoxy) is 1. The van der Waals surface area contributed by atoms with Gasteiger partial charge in [-0.3, -0.25) is 0 Å². The van der Waals surface area contributed by atoms with Crippen LogP contribution >= 0.6 is 0 Å². The zero-order chi connectivity index (χ0) is 14.7. The zero-order valence-electron chi connectivity index (χ0n) is 13.1. The molecule has 0 saturated carbocycles. The molecule has 2 aromatic rings. The number of nitrogens with one attached hydrogen (secondary N) is 1. The van der Waals surface area contributed by atoms with E-state index in [1.807, 2.05) is 6.07 Å². The summed E-state index contributed by atoms with van der Waals surface area (Å²) in [6.07, 6.45) is 3.23. The Morgan fingerprint density at radius 3 is 2.71 bits per heavy atom. The fourth-order valence-electron chi connectivity index (χ4n) is 3.16. The minimum Gasteiger partial charge on any atom is -0.461 e. The molecule has 1 aliphatic heterocycles. The van der Waals surface area contributed by atoms with E-state index in [-0.39, 0.29) is 0 Å². The lowest BCUT2D eigenvalue weighted by Crippen LogP contribution is -2.36. The molecular weight excluding hydrogens is 262 g/mol. The third-order valence-electron chi connectivity index (χ3n) is 4.66. The van der Waals surface area contributed by atoms with Crippen LogP contribution in [0.25, 0.3) is 11.0 Å². The minimum absolute atomic E-state index is 0.365. The predicted molar refractivity (Wildman–Crippen MR) is 85.5 cm³/mol. The maximum atomic E-state index is 5.96. The quantitative estimate of drug-likeness (QED) is 0.905. The average Bonchev–Trinajstić information content (AvgIpc) is 2.86. The molecule has 1 fully saturated rings. The third kappa shape index (κ3) is 3.14. The van der Waals surface area contributed by atoms with Crippen molar-refractivity contribution < 1.29 is 9.15 Å². The second kappa shape index (κ2) is 6.20. The molecule has 0 unspecified atom stereocenters. The van der Waals surface area contributed by atoms with E-state index in [9.17, 15) is 0 Å². The van der Waals surface area contributed by atoms with E-state index in [0.717, 1.165) is 56.9 Å². The fraction of sp³-hybridized carbons (Fsp3) is 0.556. The van der Waals surface area contributed by atoms with Gasteiger partial charge in [-0.1, -0.05) is 32.0 Å². The van der Waals surface area contributed by atoms with Crippen molar-refractivity contribution in [2.45, 2.75) is 39.7 Å². The molecule has 1 N–H and O–H groups in total. The SMILES string of the molecule is CCc1oc2ccccc2c1CNCC1(C)CCOCC1. The Hall–Kier alpha value is -1.32. The smallest absolute Gasteiger partial charge is 0.134 e. The molecule has 1 aromatic heterocycles. The van der Waals surface area contributed by atoms with Gasteiger partial charge in [0.05, 0.1) is 0 Å². The molecule has 114 valence electrons. The highest BCUT2D eigenvalue weighted by Gasteiger charge is 2.27. The molecule has 1 aliphatic rings. The van der Waals surface area contributed by atoms with Crippen LogP contribution in [-0.4, -0.2) is 19.8 Å². The molecule has 0 spiro atoms. The molecular formula is C18H25NO2. The van der Waals surface area contributed by atoms with Gasteiger partial charge >= 0.3 is 0 Å². The summed E-state index contributed by atoms with van der Waals surface area (Å²) in [7, 11) is 0. The fourth-order valence-corrected chi connectivity index (χ4v) is 3.16. The van der Waals surface area contributed by atoms with Gasteiger partial charge in [0.25, 0.3) is 0 Å². The second-order valence-corrected chi connectivity index (χ2v) is 6.38. The van der Waals surface area contributed by atoms with Gasteiger partial charge in [0.2, 0.25) is 0 Å². The number of hydrogen-bond donors (Lipinski definition) is 1. The van der Waals surface area contributed by atoms with Crippen LogP contribution in [0, 0.1) is 5.41 Å². The Labute approximate surface area is 126 Å². The molecule has 2 heterocycles. The van der Waals surface area contributed by atoms with Gasteiger partial charge < -0.3 is 14.5 Å².